The smallest absolute Gasteiger partial charge is 0.229 e. The molecule has 1 aliphatic rings. The van der Waals surface area contributed by atoms with Crippen molar-refractivity contribution in [1.82, 2.24) is 9.88 Å². The van der Waals surface area contributed by atoms with E-state index in [-0.39, 0.29) is 18.2 Å². The van der Waals surface area contributed by atoms with E-state index in [1.165, 1.54) is 0 Å². The second kappa shape index (κ2) is 9.52. The van der Waals surface area contributed by atoms with Gasteiger partial charge in [-0.3, -0.25) is 14.6 Å². The molecule has 148 valence electrons. The molecule has 28 heavy (non-hydrogen) atoms. The molecule has 0 spiro atoms. The summed E-state index contributed by atoms with van der Waals surface area (Å²) in [6.07, 6.45) is 1.85. The number of para-hydroxylation sites is 1. The molecule has 1 aromatic heterocycles. The van der Waals surface area contributed by atoms with E-state index in [1.54, 1.807) is 36.4 Å². The lowest BCUT2D eigenvalue weighted by Crippen LogP contribution is -2.28. The van der Waals surface area contributed by atoms with E-state index >= 15 is 0 Å². The number of methoxy groups -OCH3 is 1. The maximum absolute atomic E-state index is 12.7. The summed E-state index contributed by atoms with van der Waals surface area (Å²) >= 11 is 6.20. The molecule has 1 N–H and O–H groups in total. The van der Waals surface area contributed by atoms with Crippen molar-refractivity contribution in [2.75, 3.05) is 32.2 Å². The van der Waals surface area contributed by atoms with Crippen molar-refractivity contribution in [3.63, 3.8) is 0 Å². The number of benzene rings is 1. The maximum atomic E-state index is 12.7. The summed E-state index contributed by atoms with van der Waals surface area (Å²) < 4.78 is 10.6. The van der Waals surface area contributed by atoms with Crippen LogP contribution in [-0.4, -0.2) is 48.6 Å². The minimum absolute atomic E-state index is 0.0616. The maximum Gasteiger partial charge on any atom is 0.229 e. The molecule has 0 radical (unpaired) electrons. The molecule has 1 unspecified atom stereocenters. The number of nitrogens with zero attached hydrogens (tertiary/aromatic N) is 2. The van der Waals surface area contributed by atoms with Crippen molar-refractivity contribution in [3.05, 3.63) is 53.3 Å². The van der Waals surface area contributed by atoms with Gasteiger partial charge in [0, 0.05) is 26.3 Å². The Hall–Kier alpha value is -2.64. The van der Waals surface area contributed by atoms with Crippen LogP contribution in [0.4, 0.5) is 5.69 Å². The van der Waals surface area contributed by atoms with Gasteiger partial charge in [0.2, 0.25) is 11.8 Å². The van der Waals surface area contributed by atoms with Crippen molar-refractivity contribution >= 4 is 29.1 Å². The highest BCUT2D eigenvalue weighted by Crippen LogP contribution is 2.33. The van der Waals surface area contributed by atoms with Crippen molar-refractivity contribution in [2.24, 2.45) is 5.92 Å². The van der Waals surface area contributed by atoms with E-state index in [0.717, 1.165) is 5.69 Å². The Kier molecular flexibility index (Phi) is 6.84. The number of hydrogen-bond donors (Lipinski definition) is 1. The summed E-state index contributed by atoms with van der Waals surface area (Å²) in [5, 5.41) is 3.24. The van der Waals surface area contributed by atoms with E-state index in [2.05, 4.69) is 10.3 Å². The fourth-order valence-electron chi connectivity index (χ4n) is 3.00. The third kappa shape index (κ3) is 4.99. The van der Waals surface area contributed by atoms with Gasteiger partial charge in [-0.2, -0.15) is 0 Å². The minimum atomic E-state index is -0.443. The summed E-state index contributed by atoms with van der Waals surface area (Å²) in [4.78, 5) is 30.9. The van der Waals surface area contributed by atoms with Crippen LogP contribution in [0.3, 0.4) is 0 Å². The van der Waals surface area contributed by atoms with E-state index in [0.29, 0.717) is 42.8 Å². The highest BCUT2D eigenvalue weighted by molar-refractivity contribution is 6.32. The number of aromatic nitrogens is 1. The molecule has 1 aliphatic heterocycles. The first-order valence-electron chi connectivity index (χ1n) is 8.97. The Morgan fingerprint density at radius 2 is 2.14 bits per heavy atom. The largest absolute Gasteiger partial charge is 0.487 e. The van der Waals surface area contributed by atoms with E-state index in [4.69, 9.17) is 21.1 Å². The Morgan fingerprint density at radius 3 is 2.89 bits per heavy atom. The number of pyridine rings is 1. The predicted octanol–water partition coefficient (Wildman–Crippen LogP) is 2.75. The molecule has 1 fully saturated rings. The second-order valence-corrected chi connectivity index (χ2v) is 6.85. The number of nitrogens with one attached hydrogen (secondary N) is 1. The number of hydrogen-bond acceptors (Lipinski definition) is 5. The number of ether oxygens (including phenoxy) is 2. The lowest BCUT2D eigenvalue weighted by atomic mass is 10.1. The number of carbonyl (C=O) groups is 2. The SMILES string of the molecule is COCCOc1c(Cl)cccc1NC(=O)C1CC(=O)N(Cc2ccccn2)C1. The normalized spacial score (nSPS) is 16.3. The molecule has 0 bridgehead atoms. The van der Waals surface area contributed by atoms with Crippen LogP contribution in [0, 0.1) is 5.92 Å². The molecule has 2 heterocycles. The van der Waals surface area contributed by atoms with Crippen LogP contribution in [-0.2, 0) is 20.9 Å². The Bertz CT molecular complexity index is 831. The number of likely N-dealkylation sites (tertiary alicyclic amines) is 1. The molecule has 0 aliphatic carbocycles. The number of amides is 2. The fourth-order valence-corrected chi connectivity index (χ4v) is 3.23. The average molecular weight is 404 g/mol. The lowest BCUT2D eigenvalue weighted by Gasteiger charge is -2.17. The van der Waals surface area contributed by atoms with Crippen LogP contribution in [0.25, 0.3) is 0 Å². The quantitative estimate of drug-likeness (QED) is 0.685. The summed E-state index contributed by atoms with van der Waals surface area (Å²) in [6, 6.07) is 10.7. The van der Waals surface area contributed by atoms with Crippen molar-refractivity contribution < 1.29 is 19.1 Å². The zero-order valence-corrected chi connectivity index (χ0v) is 16.3. The fraction of sp³-hybridized carbons (Fsp3) is 0.350. The second-order valence-electron chi connectivity index (χ2n) is 6.44. The third-order valence-electron chi connectivity index (χ3n) is 4.42. The zero-order chi connectivity index (χ0) is 19.9. The number of halogens is 1. The first kappa shape index (κ1) is 20.1. The first-order chi connectivity index (χ1) is 13.6. The van der Waals surface area contributed by atoms with E-state index in [1.807, 2.05) is 18.2 Å². The van der Waals surface area contributed by atoms with E-state index < -0.39 is 5.92 Å². The van der Waals surface area contributed by atoms with Crippen molar-refractivity contribution in [3.8, 4) is 5.75 Å². The summed E-state index contributed by atoms with van der Waals surface area (Å²) in [5.74, 6) is -0.351. The lowest BCUT2D eigenvalue weighted by molar-refractivity contribution is -0.128. The average Bonchev–Trinajstić information content (AvgIpc) is 3.05. The molecule has 7 nitrogen and oxygen atoms in total. The number of anilines is 1. The van der Waals surface area contributed by atoms with Crippen LogP contribution >= 0.6 is 11.6 Å². The molecule has 1 saturated heterocycles. The van der Waals surface area contributed by atoms with Gasteiger partial charge in [-0.05, 0) is 24.3 Å². The van der Waals surface area contributed by atoms with Crippen LogP contribution in [0.1, 0.15) is 12.1 Å². The first-order valence-corrected chi connectivity index (χ1v) is 9.35. The van der Waals surface area contributed by atoms with Gasteiger partial charge in [-0.1, -0.05) is 23.7 Å². The topological polar surface area (TPSA) is 80.8 Å². The molecular weight excluding hydrogens is 382 g/mol. The number of carbonyl (C=O) groups excluding carboxylic acids is 2. The van der Waals surface area contributed by atoms with Gasteiger partial charge >= 0.3 is 0 Å². The molecule has 1 atom stereocenters. The van der Waals surface area contributed by atoms with Gasteiger partial charge < -0.3 is 19.7 Å². The third-order valence-corrected chi connectivity index (χ3v) is 4.72. The highest BCUT2D eigenvalue weighted by Gasteiger charge is 2.34. The summed E-state index contributed by atoms with van der Waals surface area (Å²) in [6.45, 7) is 1.45. The summed E-state index contributed by atoms with van der Waals surface area (Å²) in [7, 11) is 1.58. The monoisotopic (exact) mass is 403 g/mol. The molecule has 8 heteroatoms. The van der Waals surface area contributed by atoms with Crippen LogP contribution in [0.15, 0.2) is 42.6 Å². The zero-order valence-electron chi connectivity index (χ0n) is 15.6. The summed E-state index contributed by atoms with van der Waals surface area (Å²) in [5.41, 5.74) is 1.27. The molecule has 1 aromatic carbocycles. The Balaban J connectivity index is 1.64. The van der Waals surface area contributed by atoms with Gasteiger partial charge in [0.1, 0.15) is 6.61 Å². The molecule has 3 rings (SSSR count). The predicted molar refractivity (Wildman–Crippen MR) is 105 cm³/mol. The van der Waals surface area contributed by atoms with Gasteiger partial charge in [-0.15, -0.1) is 0 Å². The standard InChI is InChI=1S/C20H22ClN3O4/c1-27-9-10-28-19-16(21)6-4-7-17(19)23-20(26)14-11-18(25)24(12-14)13-15-5-2-3-8-22-15/h2-8,14H,9-13H2,1H3,(H,23,26). The van der Waals surface area contributed by atoms with Gasteiger partial charge in [-0.25, -0.2) is 0 Å². The van der Waals surface area contributed by atoms with Crippen molar-refractivity contribution in [2.45, 2.75) is 13.0 Å². The molecule has 0 saturated carbocycles. The minimum Gasteiger partial charge on any atom is -0.487 e. The molecule has 2 aromatic rings. The number of rotatable bonds is 8. The van der Waals surface area contributed by atoms with Gasteiger partial charge in [0.05, 0.1) is 35.5 Å². The Labute approximate surface area is 168 Å². The van der Waals surface area contributed by atoms with Gasteiger partial charge in [0.25, 0.3) is 0 Å². The van der Waals surface area contributed by atoms with Crippen LogP contribution in [0.2, 0.25) is 5.02 Å². The van der Waals surface area contributed by atoms with Gasteiger partial charge in [0.15, 0.2) is 5.75 Å². The van der Waals surface area contributed by atoms with Crippen LogP contribution in [0.5, 0.6) is 5.75 Å². The van der Waals surface area contributed by atoms with E-state index in [9.17, 15) is 9.59 Å². The molecular formula is C20H22ClN3O4. The van der Waals surface area contributed by atoms with Crippen LogP contribution < -0.4 is 10.1 Å². The Morgan fingerprint density at radius 1 is 1.29 bits per heavy atom. The highest BCUT2D eigenvalue weighted by atomic mass is 35.5. The molecule has 2 amide bonds. The van der Waals surface area contributed by atoms with Crippen molar-refractivity contribution in [1.29, 1.82) is 0 Å².